The second-order valence-electron chi connectivity index (χ2n) is 2.15. The molecule has 4 nitrogen and oxygen atoms in total. The molecule has 0 atom stereocenters. The molecule has 0 fully saturated rings. The van der Waals surface area contributed by atoms with Crippen LogP contribution in [0.15, 0.2) is 10.5 Å². The van der Waals surface area contributed by atoms with Gasteiger partial charge in [0.25, 0.3) is 0 Å². The molecule has 0 amide bonds. The summed E-state index contributed by atoms with van der Waals surface area (Å²) in [6.45, 7) is 0.246. The van der Waals surface area contributed by atoms with Crippen molar-refractivity contribution in [3.63, 3.8) is 0 Å². The Bertz CT molecular complexity index is 292. The molecule has 0 saturated heterocycles. The molecule has 66 valence electrons. The molecule has 0 spiro atoms. The van der Waals surface area contributed by atoms with Gasteiger partial charge in [0, 0.05) is 12.7 Å². The lowest BCUT2D eigenvalue weighted by Crippen LogP contribution is -1.92. The van der Waals surface area contributed by atoms with Crippen LogP contribution in [-0.2, 0) is 11.3 Å². The minimum Gasteiger partial charge on any atom is -0.475 e. The Kier molecular flexibility index (Phi) is 2.73. The summed E-state index contributed by atoms with van der Waals surface area (Å²) in [6.07, 6.45) is 0. The predicted molar refractivity (Wildman–Crippen MR) is 41.4 cm³/mol. The first kappa shape index (κ1) is 9.09. The zero-order chi connectivity index (χ0) is 9.14. The van der Waals surface area contributed by atoms with Crippen molar-refractivity contribution in [1.29, 1.82) is 0 Å². The molecule has 5 heteroatoms. The summed E-state index contributed by atoms with van der Waals surface area (Å²) in [4.78, 5) is 10.4. The maximum Gasteiger partial charge on any atom is 0.371 e. The Balaban J connectivity index is 2.92. The molecule has 0 bridgehead atoms. The van der Waals surface area contributed by atoms with E-state index in [1.807, 2.05) is 0 Å². The molecular formula is C7H7ClO4. The number of halogens is 1. The Labute approximate surface area is 73.7 Å². The standard InChI is InChI=1S/C7H7ClO4/c1-11-3-4-2-5(7(9)10)12-6(4)8/h2H,3H2,1H3,(H,9,10). The van der Waals surface area contributed by atoms with Gasteiger partial charge < -0.3 is 14.3 Å². The van der Waals surface area contributed by atoms with E-state index in [0.29, 0.717) is 5.56 Å². The van der Waals surface area contributed by atoms with Gasteiger partial charge in [0.2, 0.25) is 5.76 Å². The molecule has 0 aliphatic carbocycles. The number of aromatic carboxylic acids is 1. The first-order valence-corrected chi connectivity index (χ1v) is 3.53. The van der Waals surface area contributed by atoms with Gasteiger partial charge >= 0.3 is 5.97 Å². The summed E-state index contributed by atoms with van der Waals surface area (Å²) >= 11 is 5.56. The third-order valence-corrected chi connectivity index (χ3v) is 1.59. The van der Waals surface area contributed by atoms with Crippen LogP contribution in [0.5, 0.6) is 0 Å². The van der Waals surface area contributed by atoms with Crippen LogP contribution in [0.2, 0.25) is 5.22 Å². The maximum atomic E-state index is 10.4. The Hall–Kier alpha value is -1.00. The number of methoxy groups -OCH3 is 1. The number of carboxylic acid groups (broad SMARTS) is 1. The van der Waals surface area contributed by atoms with Gasteiger partial charge in [-0.2, -0.15) is 0 Å². The van der Waals surface area contributed by atoms with E-state index in [1.165, 1.54) is 13.2 Å². The van der Waals surface area contributed by atoms with Gasteiger partial charge in [-0.3, -0.25) is 0 Å². The quantitative estimate of drug-likeness (QED) is 0.789. The molecule has 0 radical (unpaired) electrons. The van der Waals surface area contributed by atoms with Crippen molar-refractivity contribution in [3.8, 4) is 0 Å². The molecule has 1 heterocycles. The largest absolute Gasteiger partial charge is 0.475 e. The lowest BCUT2D eigenvalue weighted by atomic mass is 10.3. The molecule has 0 aliphatic rings. The van der Waals surface area contributed by atoms with Gasteiger partial charge in [-0.15, -0.1) is 0 Å². The highest BCUT2D eigenvalue weighted by atomic mass is 35.5. The van der Waals surface area contributed by atoms with Crippen molar-refractivity contribution in [2.45, 2.75) is 6.61 Å². The van der Waals surface area contributed by atoms with Crippen LogP contribution in [0.1, 0.15) is 16.1 Å². The normalized spacial score (nSPS) is 10.2. The molecule has 1 aromatic rings. The SMILES string of the molecule is COCc1cc(C(=O)O)oc1Cl. The van der Waals surface area contributed by atoms with Gasteiger partial charge in [-0.05, 0) is 17.7 Å². The van der Waals surface area contributed by atoms with Gasteiger partial charge in [0.1, 0.15) is 0 Å². The molecular weight excluding hydrogens is 184 g/mol. The molecule has 1 rings (SSSR count). The first-order valence-electron chi connectivity index (χ1n) is 3.15. The molecule has 1 N–H and O–H groups in total. The van der Waals surface area contributed by atoms with E-state index in [4.69, 9.17) is 25.9 Å². The van der Waals surface area contributed by atoms with E-state index in [-0.39, 0.29) is 17.6 Å². The highest BCUT2D eigenvalue weighted by Crippen LogP contribution is 2.21. The van der Waals surface area contributed by atoms with Crippen molar-refractivity contribution >= 4 is 17.6 Å². The zero-order valence-electron chi connectivity index (χ0n) is 6.33. The van der Waals surface area contributed by atoms with Crippen molar-refractivity contribution in [3.05, 3.63) is 22.6 Å². The van der Waals surface area contributed by atoms with E-state index < -0.39 is 5.97 Å². The van der Waals surface area contributed by atoms with Gasteiger partial charge in [-0.25, -0.2) is 4.79 Å². The third kappa shape index (κ3) is 1.78. The maximum absolute atomic E-state index is 10.4. The van der Waals surface area contributed by atoms with Crippen molar-refractivity contribution < 1.29 is 19.1 Å². The van der Waals surface area contributed by atoms with Crippen LogP contribution < -0.4 is 0 Å². The highest BCUT2D eigenvalue weighted by molar-refractivity contribution is 6.29. The molecule has 0 aromatic carbocycles. The van der Waals surface area contributed by atoms with E-state index in [0.717, 1.165) is 0 Å². The van der Waals surface area contributed by atoms with Gasteiger partial charge in [0.05, 0.1) is 6.61 Å². The van der Waals surface area contributed by atoms with E-state index >= 15 is 0 Å². The Morgan fingerprint density at radius 1 is 1.83 bits per heavy atom. The average Bonchev–Trinajstić information content (AvgIpc) is 2.34. The van der Waals surface area contributed by atoms with Crippen molar-refractivity contribution in [1.82, 2.24) is 0 Å². The fraction of sp³-hybridized carbons (Fsp3) is 0.286. The Morgan fingerprint density at radius 2 is 2.50 bits per heavy atom. The van der Waals surface area contributed by atoms with E-state index in [9.17, 15) is 4.79 Å². The summed E-state index contributed by atoms with van der Waals surface area (Å²) in [5.41, 5.74) is 0.538. The summed E-state index contributed by atoms with van der Waals surface area (Å²) in [5.74, 6) is -1.31. The molecule has 0 saturated carbocycles. The number of carbonyl (C=O) groups is 1. The average molecular weight is 191 g/mol. The lowest BCUT2D eigenvalue weighted by molar-refractivity contribution is 0.0662. The van der Waals surface area contributed by atoms with Crippen LogP contribution in [0.3, 0.4) is 0 Å². The number of rotatable bonds is 3. The zero-order valence-corrected chi connectivity index (χ0v) is 7.09. The van der Waals surface area contributed by atoms with Crippen molar-refractivity contribution in [2.24, 2.45) is 0 Å². The molecule has 0 aliphatic heterocycles. The first-order chi connectivity index (χ1) is 5.65. The minimum atomic E-state index is -1.14. The second-order valence-corrected chi connectivity index (χ2v) is 2.49. The number of furan rings is 1. The highest BCUT2D eigenvalue weighted by Gasteiger charge is 2.13. The fourth-order valence-corrected chi connectivity index (χ4v) is 0.958. The van der Waals surface area contributed by atoms with E-state index in [2.05, 4.69) is 0 Å². The van der Waals surface area contributed by atoms with Crippen LogP contribution >= 0.6 is 11.6 Å². The van der Waals surface area contributed by atoms with Crippen molar-refractivity contribution in [2.75, 3.05) is 7.11 Å². The topological polar surface area (TPSA) is 59.7 Å². The Morgan fingerprint density at radius 3 is 2.92 bits per heavy atom. The summed E-state index contributed by atoms with van der Waals surface area (Å²) in [7, 11) is 1.49. The third-order valence-electron chi connectivity index (χ3n) is 1.27. The number of hydrogen-bond donors (Lipinski definition) is 1. The van der Waals surface area contributed by atoms with E-state index in [1.54, 1.807) is 0 Å². The van der Waals surface area contributed by atoms with Crippen LogP contribution in [-0.4, -0.2) is 18.2 Å². The molecule has 12 heavy (non-hydrogen) atoms. The van der Waals surface area contributed by atoms with Gasteiger partial charge in [-0.1, -0.05) is 0 Å². The minimum absolute atomic E-state index is 0.0641. The summed E-state index contributed by atoms with van der Waals surface area (Å²) < 4.78 is 9.48. The fourth-order valence-electron chi connectivity index (χ4n) is 0.766. The number of hydrogen-bond acceptors (Lipinski definition) is 3. The summed E-state index contributed by atoms with van der Waals surface area (Å²) in [5, 5.41) is 8.56. The van der Waals surface area contributed by atoms with Crippen LogP contribution in [0.4, 0.5) is 0 Å². The molecule has 0 unspecified atom stereocenters. The molecule has 1 aromatic heterocycles. The summed E-state index contributed by atoms with van der Waals surface area (Å²) in [6, 6.07) is 1.34. The number of ether oxygens (including phenoxy) is 1. The smallest absolute Gasteiger partial charge is 0.371 e. The predicted octanol–water partition coefficient (Wildman–Crippen LogP) is 1.78. The lowest BCUT2D eigenvalue weighted by Gasteiger charge is -1.91. The van der Waals surface area contributed by atoms with Gasteiger partial charge in [0.15, 0.2) is 5.22 Å². The number of carboxylic acids is 1. The second kappa shape index (κ2) is 3.60. The van der Waals surface area contributed by atoms with Crippen LogP contribution in [0, 0.1) is 0 Å². The van der Waals surface area contributed by atoms with Crippen LogP contribution in [0.25, 0.3) is 0 Å². The monoisotopic (exact) mass is 190 g/mol.